The third-order valence-electron chi connectivity index (χ3n) is 7.47. The SMILES string of the molecule is O=C(c1cc(Cl)ccc1Cl)N1CC(CN2CCC(c3ccccc3)CC2)C(c2ccccc2)C1. The van der Waals surface area contributed by atoms with Gasteiger partial charge in [0.05, 0.1) is 10.6 Å². The number of piperidine rings is 1. The first-order chi connectivity index (χ1) is 16.6. The lowest BCUT2D eigenvalue weighted by Gasteiger charge is -2.34. The summed E-state index contributed by atoms with van der Waals surface area (Å²) in [6.45, 7) is 4.65. The van der Waals surface area contributed by atoms with E-state index in [0.29, 0.717) is 39.9 Å². The summed E-state index contributed by atoms with van der Waals surface area (Å²) in [5.41, 5.74) is 3.25. The van der Waals surface area contributed by atoms with Crippen LogP contribution in [0.3, 0.4) is 0 Å². The highest BCUT2D eigenvalue weighted by Gasteiger charge is 2.38. The van der Waals surface area contributed by atoms with Gasteiger partial charge in [0.2, 0.25) is 0 Å². The first kappa shape index (κ1) is 23.4. The van der Waals surface area contributed by atoms with Gasteiger partial charge in [-0.3, -0.25) is 4.79 Å². The predicted molar refractivity (Wildman–Crippen MR) is 140 cm³/mol. The maximum Gasteiger partial charge on any atom is 0.255 e. The Morgan fingerprint density at radius 1 is 0.824 bits per heavy atom. The first-order valence-corrected chi connectivity index (χ1v) is 12.9. The molecule has 0 N–H and O–H groups in total. The van der Waals surface area contributed by atoms with Crippen molar-refractivity contribution in [1.29, 1.82) is 0 Å². The maximum absolute atomic E-state index is 13.4. The van der Waals surface area contributed by atoms with E-state index in [9.17, 15) is 4.79 Å². The Labute approximate surface area is 212 Å². The molecule has 0 aliphatic carbocycles. The van der Waals surface area contributed by atoms with Gasteiger partial charge < -0.3 is 9.80 Å². The van der Waals surface area contributed by atoms with Crippen LogP contribution in [0, 0.1) is 5.92 Å². The van der Waals surface area contributed by atoms with Crippen LogP contribution in [0.2, 0.25) is 10.0 Å². The fourth-order valence-corrected chi connectivity index (χ4v) is 6.01. The summed E-state index contributed by atoms with van der Waals surface area (Å²) in [6.07, 6.45) is 2.38. The molecule has 2 fully saturated rings. The van der Waals surface area contributed by atoms with Crippen molar-refractivity contribution in [3.05, 3.63) is 106 Å². The van der Waals surface area contributed by atoms with Crippen molar-refractivity contribution in [2.75, 3.05) is 32.7 Å². The van der Waals surface area contributed by atoms with Gasteiger partial charge in [0.25, 0.3) is 5.91 Å². The number of carbonyl (C=O) groups excluding carboxylic acids is 1. The summed E-state index contributed by atoms with van der Waals surface area (Å²) >= 11 is 12.5. The van der Waals surface area contributed by atoms with E-state index in [4.69, 9.17) is 23.2 Å². The molecule has 2 atom stereocenters. The molecule has 0 saturated carbocycles. The normalized spacial score (nSPS) is 21.6. The summed E-state index contributed by atoms with van der Waals surface area (Å²) in [6, 6.07) is 26.6. The number of rotatable bonds is 5. The monoisotopic (exact) mass is 492 g/mol. The number of hydrogen-bond donors (Lipinski definition) is 0. The lowest BCUT2D eigenvalue weighted by atomic mass is 9.86. The molecule has 1 amide bonds. The zero-order valence-electron chi connectivity index (χ0n) is 19.2. The van der Waals surface area contributed by atoms with Crippen LogP contribution in [0.4, 0.5) is 0 Å². The topological polar surface area (TPSA) is 23.6 Å². The fraction of sp³-hybridized carbons (Fsp3) is 0.345. The Hall–Kier alpha value is -2.33. The third-order valence-corrected chi connectivity index (χ3v) is 8.03. The van der Waals surface area contributed by atoms with E-state index in [1.165, 1.54) is 24.0 Å². The molecule has 34 heavy (non-hydrogen) atoms. The molecule has 2 aliphatic rings. The van der Waals surface area contributed by atoms with Crippen molar-refractivity contribution in [3.63, 3.8) is 0 Å². The van der Waals surface area contributed by atoms with Gasteiger partial charge in [-0.05, 0) is 67.1 Å². The molecule has 3 nitrogen and oxygen atoms in total. The molecule has 3 aromatic rings. The minimum absolute atomic E-state index is 0.0290. The second kappa shape index (κ2) is 10.5. The third kappa shape index (κ3) is 5.17. The van der Waals surface area contributed by atoms with Crippen LogP contribution < -0.4 is 0 Å². The molecule has 0 bridgehead atoms. The highest BCUT2D eigenvalue weighted by Crippen LogP contribution is 2.36. The summed E-state index contributed by atoms with van der Waals surface area (Å²) in [5.74, 6) is 1.32. The van der Waals surface area contributed by atoms with Crippen molar-refractivity contribution < 1.29 is 4.79 Å². The summed E-state index contributed by atoms with van der Waals surface area (Å²) in [5, 5.41) is 0.987. The van der Waals surface area contributed by atoms with Gasteiger partial charge in [-0.2, -0.15) is 0 Å². The summed E-state index contributed by atoms with van der Waals surface area (Å²) in [7, 11) is 0. The van der Waals surface area contributed by atoms with Crippen LogP contribution in [0.5, 0.6) is 0 Å². The van der Waals surface area contributed by atoms with Crippen molar-refractivity contribution in [2.24, 2.45) is 5.92 Å². The highest BCUT2D eigenvalue weighted by atomic mass is 35.5. The molecule has 0 spiro atoms. The molecule has 5 heteroatoms. The summed E-state index contributed by atoms with van der Waals surface area (Å²) < 4.78 is 0. The zero-order chi connectivity index (χ0) is 23.5. The number of nitrogens with zero attached hydrogens (tertiary/aromatic N) is 2. The molecule has 176 valence electrons. The number of likely N-dealkylation sites (tertiary alicyclic amines) is 2. The first-order valence-electron chi connectivity index (χ1n) is 12.1. The Kier molecular flexibility index (Phi) is 7.24. The van der Waals surface area contributed by atoms with Gasteiger partial charge in [-0.15, -0.1) is 0 Å². The van der Waals surface area contributed by atoms with Gasteiger partial charge in [-0.1, -0.05) is 83.9 Å². The van der Waals surface area contributed by atoms with Gasteiger partial charge in [0.15, 0.2) is 0 Å². The van der Waals surface area contributed by atoms with E-state index < -0.39 is 0 Å². The van der Waals surface area contributed by atoms with Crippen molar-refractivity contribution in [3.8, 4) is 0 Å². The quantitative estimate of drug-likeness (QED) is 0.394. The second-order valence-corrected chi connectivity index (χ2v) is 10.4. The van der Waals surface area contributed by atoms with Crippen LogP contribution in [-0.2, 0) is 0 Å². The standard InChI is InChI=1S/C29H30Cl2N2O/c30-25-11-12-28(31)26(17-25)29(34)33-19-24(27(20-33)23-9-5-2-6-10-23)18-32-15-13-22(14-16-32)21-7-3-1-4-8-21/h1-12,17,22,24,27H,13-16,18-20H2. The largest absolute Gasteiger partial charge is 0.338 e. The van der Waals surface area contributed by atoms with Crippen LogP contribution >= 0.6 is 23.2 Å². The number of amides is 1. The average Bonchev–Trinajstić information content (AvgIpc) is 3.30. The fourth-order valence-electron chi connectivity index (χ4n) is 5.64. The number of benzene rings is 3. The molecule has 0 aromatic heterocycles. The number of hydrogen-bond acceptors (Lipinski definition) is 2. The Morgan fingerprint density at radius 3 is 2.15 bits per heavy atom. The summed E-state index contributed by atoms with van der Waals surface area (Å²) in [4.78, 5) is 18.0. The molecule has 2 unspecified atom stereocenters. The smallest absolute Gasteiger partial charge is 0.255 e. The van der Waals surface area contributed by atoms with E-state index in [1.54, 1.807) is 18.2 Å². The minimum atomic E-state index is -0.0290. The van der Waals surface area contributed by atoms with Gasteiger partial charge in [-0.25, -0.2) is 0 Å². The van der Waals surface area contributed by atoms with E-state index in [-0.39, 0.29) is 5.91 Å². The van der Waals surface area contributed by atoms with Gasteiger partial charge in [0, 0.05) is 30.6 Å². The van der Waals surface area contributed by atoms with Crippen LogP contribution in [-0.4, -0.2) is 48.4 Å². The molecular weight excluding hydrogens is 463 g/mol. The van der Waals surface area contributed by atoms with Gasteiger partial charge >= 0.3 is 0 Å². The average molecular weight is 493 g/mol. The highest BCUT2D eigenvalue weighted by molar-refractivity contribution is 6.35. The van der Waals surface area contributed by atoms with E-state index in [1.807, 2.05) is 4.90 Å². The van der Waals surface area contributed by atoms with Crippen molar-refractivity contribution >= 4 is 29.1 Å². The van der Waals surface area contributed by atoms with Gasteiger partial charge in [0.1, 0.15) is 0 Å². The Morgan fingerprint density at radius 2 is 1.47 bits per heavy atom. The molecule has 2 saturated heterocycles. The van der Waals surface area contributed by atoms with Crippen LogP contribution in [0.15, 0.2) is 78.9 Å². The Balaban J connectivity index is 1.30. The Bertz CT molecular complexity index is 1110. The lowest BCUT2D eigenvalue weighted by Crippen LogP contribution is -2.38. The van der Waals surface area contributed by atoms with Crippen molar-refractivity contribution in [2.45, 2.75) is 24.7 Å². The van der Waals surface area contributed by atoms with E-state index in [0.717, 1.165) is 26.2 Å². The second-order valence-electron chi connectivity index (χ2n) is 9.60. The maximum atomic E-state index is 13.4. The minimum Gasteiger partial charge on any atom is -0.338 e. The van der Waals surface area contributed by atoms with Crippen LogP contribution in [0.25, 0.3) is 0 Å². The van der Waals surface area contributed by atoms with Crippen LogP contribution in [0.1, 0.15) is 46.2 Å². The lowest BCUT2D eigenvalue weighted by molar-refractivity contribution is 0.0781. The predicted octanol–water partition coefficient (Wildman–Crippen LogP) is 6.73. The number of carbonyl (C=O) groups is 1. The zero-order valence-corrected chi connectivity index (χ0v) is 20.8. The molecule has 0 radical (unpaired) electrons. The molecule has 2 heterocycles. The molecular formula is C29H30Cl2N2O. The number of halogens is 2. The molecule has 5 rings (SSSR count). The van der Waals surface area contributed by atoms with Crippen molar-refractivity contribution in [1.82, 2.24) is 9.80 Å². The van der Waals surface area contributed by atoms with E-state index >= 15 is 0 Å². The molecule has 2 aliphatic heterocycles. The van der Waals surface area contributed by atoms with E-state index in [2.05, 4.69) is 65.6 Å². The molecule has 3 aromatic carbocycles.